The highest BCUT2D eigenvalue weighted by Crippen LogP contribution is 2.28. The highest BCUT2D eigenvalue weighted by molar-refractivity contribution is 7.10. The predicted molar refractivity (Wildman–Crippen MR) is 127 cm³/mol. The van der Waals surface area contributed by atoms with Gasteiger partial charge in [0.05, 0.1) is 24.9 Å². The summed E-state index contributed by atoms with van der Waals surface area (Å²) in [5, 5.41) is 9.16. The number of aliphatic imine (C=N–C) groups is 1. The van der Waals surface area contributed by atoms with Gasteiger partial charge in [0, 0.05) is 43.7 Å². The molecule has 1 aliphatic heterocycles. The zero-order chi connectivity index (χ0) is 21.5. The van der Waals surface area contributed by atoms with Crippen LogP contribution >= 0.6 is 11.3 Å². The van der Waals surface area contributed by atoms with Crippen LogP contribution in [0.1, 0.15) is 42.7 Å². The fourth-order valence-corrected chi connectivity index (χ4v) is 4.91. The molecular weight excluding hydrogens is 408 g/mol. The number of hydrogen-bond donors (Lipinski definition) is 2. The number of nitrogens with one attached hydrogen (secondary N) is 2. The molecule has 4 rings (SSSR count). The summed E-state index contributed by atoms with van der Waals surface area (Å²) in [4.78, 5) is 8.34. The molecule has 2 heterocycles. The van der Waals surface area contributed by atoms with Gasteiger partial charge in [-0.15, -0.1) is 11.3 Å². The topological polar surface area (TPSA) is 58.1 Å². The zero-order valence-corrected chi connectivity index (χ0v) is 19.4. The second-order valence-electron chi connectivity index (χ2n) is 8.29. The van der Waals surface area contributed by atoms with E-state index in [-0.39, 0.29) is 6.10 Å². The average Bonchev–Trinajstić information content (AvgIpc) is 3.28. The van der Waals surface area contributed by atoms with E-state index in [0.29, 0.717) is 18.7 Å². The van der Waals surface area contributed by atoms with Crippen LogP contribution in [0.2, 0.25) is 0 Å². The summed E-state index contributed by atoms with van der Waals surface area (Å²) in [6, 6.07) is 13.0. The number of para-hydroxylation sites is 1. The van der Waals surface area contributed by atoms with Crippen LogP contribution in [0.3, 0.4) is 0 Å². The molecule has 1 saturated heterocycles. The van der Waals surface area contributed by atoms with Crippen LogP contribution in [-0.4, -0.2) is 56.4 Å². The molecule has 2 N–H and O–H groups in total. The van der Waals surface area contributed by atoms with Gasteiger partial charge in [-0.25, -0.2) is 0 Å². The van der Waals surface area contributed by atoms with Crippen LogP contribution in [0.4, 0.5) is 0 Å². The zero-order valence-electron chi connectivity index (χ0n) is 18.5. The normalized spacial score (nSPS) is 21.4. The first-order valence-electron chi connectivity index (χ1n) is 11.3. The number of rotatable bonds is 8. The van der Waals surface area contributed by atoms with Gasteiger partial charge in [0.2, 0.25) is 0 Å². The van der Waals surface area contributed by atoms with Crippen molar-refractivity contribution in [2.75, 3.05) is 33.3 Å². The summed E-state index contributed by atoms with van der Waals surface area (Å²) in [7, 11) is 1.82. The Morgan fingerprint density at radius 3 is 2.84 bits per heavy atom. The lowest BCUT2D eigenvalue weighted by Crippen LogP contribution is -2.48. The van der Waals surface area contributed by atoms with Gasteiger partial charge in [-0.05, 0) is 43.7 Å². The van der Waals surface area contributed by atoms with E-state index in [2.05, 4.69) is 63.2 Å². The molecule has 0 amide bonds. The number of ether oxygens (including phenoxy) is 2. The Labute approximate surface area is 189 Å². The van der Waals surface area contributed by atoms with Gasteiger partial charge in [-0.1, -0.05) is 24.3 Å². The van der Waals surface area contributed by atoms with Crippen LogP contribution in [0.5, 0.6) is 5.75 Å². The van der Waals surface area contributed by atoms with Crippen molar-refractivity contribution >= 4 is 17.3 Å². The molecule has 1 aliphatic carbocycles. The van der Waals surface area contributed by atoms with E-state index in [0.717, 1.165) is 56.4 Å². The summed E-state index contributed by atoms with van der Waals surface area (Å²) in [5.41, 5.74) is 1.16. The van der Waals surface area contributed by atoms with Crippen molar-refractivity contribution in [2.24, 2.45) is 4.99 Å². The van der Waals surface area contributed by atoms with Crippen molar-refractivity contribution in [3.63, 3.8) is 0 Å². The predicted octanol–water partition coefficient (Wildman–Crippen LogP) is 3.81. The van der Waals surface area contributed by atoms with E-state index < -0.39 is 0 Å². The average molecular weight is 443 g/mol. The van der Waals surface area contributed by atoms with Crippen molar-refractivity contribution in [2.45, 2.75) is 51.0 Å². The Balaban J connectivity index is 1.35. The number of benzene rings is 1. The summed E-state index contributed by atoms with van der Waals surface area (Å²) >= 11 is 1.81. The summed E-state index contributed by atoms with van der Waals surface area (Å²) in [6.45, 7) is 6.31. The van der Waals surface area contributed by atoms with Crippen LogP contribution in [0, 0.1) is 0 Å². The monoisotopic (exact) mass is 442 g/mol. The lowest BCUT2D eigenvalue weighted by Gasteiger charge is -2.37. The highest BCUT2D eigenvalue weighted by atomic mass is 32.1. The Morgan fingerprint density at radius 2 is 2.13 bits per heavy atom. The van der Waals surface area contributed by atoms with Gasteiger partial charge in [0.25, 0.3) is 0 Å². The standard InChI is InChI=1S/C24H34N4O2S/c1-18-17-28(12-13-29-18)21(23-11-6-14-31-23)16-27-24(25-2)26-15-19-7-3-4-10-22(19)30-20-8-5-9-20/h3-4,6-7,10-11,14,18,20-21H,5,8-9,12-13,15-17H2,1-2H3,(H2,25,26,27). The van der Waals surface area contributed by atoms with E-state index in [4.69, 9.17) is 9.47 Å². The third-order valence-corrected chi connectivity index (χ3v) is 7.01. The molecule has 0 radical (unpaired) electrons. The number of hydrogen-bond acceptors (Lipinski definition) is 5. The van der Waals surface area contributed by atoms with Gasteiger partial charge >= 0.3 is 0 Å². The quantitative estimate of drug-likeness (QED) is 0.481. The maximum Gasteiger partial charge on any atom is 0.191 e. The highest BCUT2D eigenvalue weighted by Gasteiger charge is 2.26. The molecule has 2 fully saturated rings. The minimum absolute atomic E-state index is 0.265. The largest absolute Gasteiger partial charge is 0.490 e. The SMILES string of the molecule is CN=C(NCc1ccccc1OC1CCC1)NCC(c1cccs1)N1CCOC(C)C1. The van der Waals surface area contributed by atoms with Gasteiger partial charge in [0.15, 0.2) is 5.96 Å². The number of morpholine rings is 1. The molecule has 2 aromatic rings. The number of guanidine groups is 1. The first kappa shape index (κ1) is 22.1. The number of nitrogens with zero attached hydrogens (tertiary/aromatic N) is 2. The van der Waals surface area contributed by atoms with Crippen molar-refractivity contribution < 1.29 is 9.47 Å². The van der Waals surface area contributed by atoms with Crippen LogP contribution in [-0.2, 0) is 11.3 Å². The van der Waals surface area contributed by atoms with Gasteiger partial charge in [-0.2, -0.15) is 0 Å². The minimum Gasteiger partial charge on any atom is -0.490 e. The first-order valence-corrected chi connectivity index (χ1v) is 12.2. The van der Waals surface area contributed by atoms with E-state index in [1.54, 1.807) is 0 Å². The Kier molecular flexibility index (Phi) is 7.83. The molecule has 1 aromatic carbocycles. The van der Waals surface area contributed by atoms with Crippen LogP contribution < -0.4 is 15.4 Å². The summed E-state index contributed by atoms with van der Waals surface area (Å²) in [5.74, 6) is 1.79. The second-order valence-corrected chi connectivity index (χ2v) is 9.27. The minimum atomic E-state index is 0.265. The maximum absolute atomic E-state index is 6.17. The Morgan fingerprint density at radius 1 is 1.26 bits per heavy atom. The van der Waals surface area contributed by atoms with Crippen LogP contribution in [0.25, 0.3) is 0 Å². The molecule has 31 heavy (non-hydrogen) atoms. The van der Waals surface area contributed by atoms with E-state index >= 15 is 0 Å². The molecule has 1 saturated carbocycles. The maximum atomic E-state index is 6.17. The molecule has 0 bridgehead atoms. The van der Waals surface area contributed by atoms with E-state index in [1.165, 1.54) is 11.3 Å². The molecular formula is C24H34N4O2S. The van der Waals surface area contributed by atoms with E-state index in [1.807, 2.05) is 24.5 Å². The smallest absolute Gasteiger partial charge is 0.191 e. The van der Waals surface area contributed by atoms with Crippen molar-refractivity contribution in [1.29, 1.82) is 0 Å². The molecule has 2 atom stereocenters. The molecule has 168 valence electrons. The fourth-order valence-electron chi connectivity index (χ4n) is 4.04. The third kappa shape index (κ3) is 5.99. The van der Waals surface area contributed by atoms with Gasteiger partial charge < -0.3 is 20.1 Å². The Hall–Kier alpha value is -2.09. The van der Waals surface area contributed by atoms with Crippen molar-refractivity contribution in [3.05, 3.63) is 52.2 Å². The molecule has 6 nitrogen and oxygen atoms in total. The lowest BCUT2D eigenvalue weighted by atomic mass is 9.96. The first-order chi connectivity index (χ1) is 15.2. The molecule has 2 unspecified atom stereocenters. The molecule has 0 spiro atoms. The summed E-state index contributed by atoms with van der Waals surface area (Å²) in [6.07, 6.45) is 4.24. The van der Waals surface area contributed by atoms with Crippen LogP contribution in [0.15, 0.2) is 46.8 Å². The molecule has 2 aliphatic rings. The second kappa shape index (κ2) is 11.0. The Bertz CT molecular complexity index is 838. The van der Waals surface area contributed by atoms with Gasteiger partial charge in [-0.3, -0.25) is 9.89 Å². The van der Waals surface area contributed by atoms with Crippen molar-refractivity contribution in [3.8, 4) is 5.75 Å². The molecule has 7 heteroatoms. The van der Waals surface area contributed by atoms with E-state index in [9.17, 15) is 0 Å². The number of thiophene rings is 1. The van der Waals surface area contributed by atoms with Gasteiger partial charge in [0.1, 0.15) is 5.75 Å². The summed E-state index contributed by atoms with van der Waals surface area (Å²) < 4.78 is 11.9. The van der Waals surface area contributed by atoms with Crippen molar-refractivity contribution in [1.82, 2.24) is 15.5 Å². The lowest BCUT2D eigenvalue weighted by molar-refractivity contribution is -0.0334. The third-order valence-electron chi connectivity index (χ3n) is 6.04. The molecule has 1 aromatic heterocycles. The fraction of sp³-hybridized carbons (Fsp3) is 0.542.